The van der Waals surface area contributed by atoms with E-state index in [2.05, 4.69) is 27.3 Å². The average molecular weight is 357 g/mol. The van der Waals surface area contributed by atoms with Crippen molar-refractivity contribution in [2.24, 2.45) is 5.73 Å². The van der Waals surface area contributed by atoms with Gasteiger partial charge in [-0.25, -0.2) is 0 Å². The molecule has 0 spiro atoms. The van der Waals surface area contributed by atoms with Crippen LogP contribution in [0.4, 0.5) is 11.4 Å². The largest absolute Gasteiger partial charge is 0.389 e. The Bertz CT molecular complexity index is 830. The van der Waals surface area contributed by atoms with Crippen LogP contribution in [-0.2, 0) is 0 Å². The summed E-state index contributed by atoms with van der Waals surface area (Å²) in [6, 6.07) is 20.1. The lowest BCUT2D eigenvalue weighted by Crippen LogP contribution is -2.10. The average Bonchev–Trinajstić information content (AvgIpc) is 2.49. The molecule has 0 heterocycles. The highest BCUT2D eigenvalue weighted by atomic mass is 79.9. The van der Waals surface area contributed by atoms with E-state index in [1.54, 1.807) is 0 Å². The van der Waals surface area contributed by atoms with Crippen LogP contribution in [0, 0.1) is 0 Å². The monoisotopic (exact) mass is 356 g/mol. The molecular formula is C17H13BrN2S. The van der Waals surface area contributed by atoms with Gasteiger partial charge in [0.15, 0.2) is 0 Å². The summed E-state index contributed by atoms with van der Waals surface area (Å²) in [7, 11) is 0. The molecule has 0 aliphatic heterocycles. The lowest BCUT2D eigenvalue weighted by atomic mass is 10.0. The number of benzene rings is 3. The summed E-state index contributed by atoms with van der Waals surface area (Å²) < 4.78 is 1.02. The predicted octanol–water partition coefficient (Wildman–Crippen LogP) is 4.98. The molecule has 104 valence electrons. The highest BCUT2D eigenvalue weighted by Crippen LogP contribution is 2.31. The van der Waals surface area contributed by atoms with E-state index in [4.69, 9.17) is 18.0 Å². The summed E-state index contributed by atoms with van der Waals surface area (Å²) in [5.74, 6) is 0. The van der Waals surface area contributed by atoms with Crippen LogP contribution in [0.25, 0.3) is 10.8 Å². The van der Waals surface area contributed by atoms with E-state index in [1.807, 2.05) is 54.6 Å². The van der Waals surface area contributed by atoms with Gasteiger partial charge in [0, 0.05) is 21.1 Å². The summed E-state index contributed by atoms with van der Waals surface area (Å²) >= 11 is 8.69. The molecule has 3 N–H and O–H groups in total. The smallest absolute Gasteiger partial charge is 0.104 e. The van der Waals surface area contributed by atoms with E-state index >= 15 is 0 Å². The van der Waals surface area contributed by atoms with Crippen LogP contribution in [-0.4, -0.2) is 4.99 Å². The van der Waals surface area contributed by atoms with E-state index in [-0.39, 0.29) is 0 Å². The molecule has 0 aliphatic carbocycles. The Morgan fingerprint density at radius 1 is 0.857 bits per heavy atom. The number of nitrogens with one attached hydrogen (secondary N) is 1. The highest BCUT2D eigenvalue weighted by Gasteiger charge is 2.08. The van der Waals surface area contributed by atoms with Crippen molar-refractivity contribution in [2.75, 3.05) is 5.32 Å². The van der Waals surface area contributed by atoms with Crippen molar-refractivity contribution >= 4 is 55.3 Å². The molecule has 3 aromatic carbocycles. The van der Waals surface area contributed by atoms with Crippen molar-refractivity contribution in [1.82, 2.24) is 0 Å². The maximum Gasteiger partial charge on any atom is 0.104 e. The minimum atomic E-state index is 0.415. The van der Waals surface area contributed by atoms with Gasteiger partial charge in [0.1, 0.15) is 4.99 Å². The molecule has 21 heavy (non-hydrogen) atoms. The zero-order valence-corrected chi connectivity index (χ0v) is 13.5. The first-order valence-electron chi connectivity index (χ1n) is 6.50. The number of rotatable bonds is 3. The number of para-hydroxylation sites is 1. The number of halogens is 1. The first-order chi connectivity index (χ1) is 10.2. The van der Waals surface area contributed by atoms with Gasteiger partial charge in [-0.1, -0.05) is 48.6 Å². The van der Waals surface area contributed by atoms with Crippen molar-refractivity contribution in [3.8, 4) is 0 Å². The zero-order chi connectivity index (χ0) is 14.8. The Morgan fingerprint density at radius 2 is 1.52 bits per heavy atom. The van der Waals surface area contributed by atoms with Crippen molar-refractivity contribution < 1.29 is 0 Å². The van der Waals surface area contributed by atoms with Gasteiger partial charge >= 0.3 is 0 Å². The van der Waals surface area contributed by atoms with Crippen LogP contribution in [0.1, 0.15) is 5.56 Å². The van der Waals surface area contributed by atoms with Gasteiger partial charge < -0.3 is 11.1 Å². The number of anilines is 2. The molecule has 0 saturated heterocycles. The third-order valence-corrected chi connectivity index (χ3v) is 4.24. The third kappa shape index (κ3) is 2.77. The Morgan fingerprint density at radius 3 is 2.24 bits per heavy atom. The molecule has 0 amide bonds. The first kappa shape index (κ1) is 14.0. The lowest BCUT2D eigenvalue weighted by molar-refractivity contribution is 1.54. The van der Waals surface area contributed by atoms with Crippen LogP contribution in [0.3, 0.4) is 0 Å². The van der Waals surface area contributed by atoms with Crippen LogP contribution in [0.5, 0.6) is 0 Å². The molecule has 0 radical (unpaired) electrons. The SMILES string of the molecule is NC(=S)c1ccc(Nc2ccccc2Br)c2ccccc12. The number of nitrogens with two attached hydrogens (primary N) is 1. The standard InChI is InChI=1S/C17H13BrN2S/c18-14-7-3-4-8-16(14)20-15-10-9-13(17(19)21)11-5-1-2-6-12(11)15/h1-10,20H,(H2,19,21). The summed E-state index contributed by atoms with van der Waals surface area (Å²) in [6.07, 6.45) is 0. The quantitative estimate of drug-likeness (QED) is 0.650. The van der Waals surface area contributed by atoms with Crippen molar-refractivity contribution in [1.29, 1.82) is 0 Å². The molecule has 3 rings (SSSR count). The zero-order valence-electron chi connectivity index (χ0n) is 11.1. The van der Waals surface area contributed by atoms with Gasteiger partial charge in [0.2, 0.25) is 0 Å². The molecule has 0 aromatic heterocycles. The summed E-state index contributed by atoms with van der Waals surface area (Å²) in [5, 5.41) is 5.60. The second-order valence-corrected chi connectivity index (χ2v) is 5.97. The topological polar surface area (TPSA) is 38.0 Å². The number of hydrogen-bond acceptors (Lipinski definition) is 2. The summed E-state index contributed by atoms with van der Waals surface area (Å²) in [5.41, 5.74) is 8.76. The van der Waals surface area contributed by atoms with Crippen molar-refractivity contribution in [3.63, 3.8) is 0 Å². The molecule has 4 heteroatoms. The lowest BCUT2D eigenvalue weighted by Gasteiger charge is -2.13. The molecule has 0 bridgehead atoms. The Kier molecular flexibility index (Phi) is 3.90. The first-order valence-corrected chi connectivity index (χ1v) is 7.70. The van der Waals surface area contributed by atoms with Gasteiger partial charge in [-0.15, -0.1) is 0 Å². The Hall–Kier alpha value is -1.91. The van der Waals surface area contributed by atoms with E-state index < -0.39 is 0 Å². The fraction of sp³-hybridized carbons (Fsp3) is 0. The van der Waals surface area contributed by atoms with Gasteiger partial charge in [0.25, 0.3) is 0 Å². The van der Waals surface area contributed by atoms with Gasteiger partial charge in [-0.3, -0.25) is 0 Å². The van der Waals surface area contributed by atoms with E-state index in [0.717, 1.165) is 32.2 Å². The fourth-order valence-electron chi connectivity index (χ4n) is 2.33. The molecule has 2 nitrogen and oxygen atoms in total. The van der Waals surface area contributed by atoms with E-state index in [0.29, 0.717) is 4.99 Å². The number of fused-ring (bicyclic) bond motifs is 1. The molecule has 0 saturated carbocycles. The maximum absolute atomic E-state index is 5.81. The van der Waals surface area contributed by atoms with Gasteiger partial charge in [-0.2, -0.15) is 0 Å². The van der Waals surface area contributed by atoms with Crippen LogP contribution < -0.4 is 11.1 Å². The minimum Gasteiger partial charge on any atom is -0.389 e. The molecule has 3 aromatic rings. The summed E-state index contributed by atoms with van der Waals surface area (Å²) in [6.45, 7) is 0. The van der Waals surface area contributed by atoms with E-state index in [1.165, 1.54) is 0 Å². The third-order valence-electron chi connectivity index (χ3n) is 3.33. The van der Waals surface area contributed by atoms with Crippen molar-refractivity contribution in [3.05, 3.63) is 70.7 Å². The normalized spacial score (nSPS) is 10.5. The number of thiocarbonyl (C=S) groups is 1. The van der Waals surface area contributed by atoms with Crippen LogP contribution >= 0.6 is 28.1 Å². The van der Waals surface area contributed by atoms with Crippen LogP contribution in [0.2, 0.25) is 0 Å². The van der Waals surface area contributed by atoms with E-state index in [9.17, 15) is 0 Å². The van der Waals surface area contributed by atoms with Gasteiger partial charge in [0.05, 0.1) is 5.69 Å². The molecule has 0 fully saturated rings. The molecule has 0 unspecified atom stereocenters. The minimum absolute atomic E-state index is 0.415. The van der Waals surface area contributed by atoms with Crippen LogP contribution in [0.15, 0.2) is 65.1 Å². The Labute approximate surface area is 137 Å². The summed E-state index contributed by atoms with van der Waals surface area (Å²) in [4.78, 5) is 0.415. The molecule has 0 atom stereocenters. The molecular weight excluding hydrogens is 344 g/mol. The molecule has 0 aliphatic rings. The number of hydrogen-bond donors (Lipinski definition) is 2. The second kappa shape index (κ2) is 5.84. The Balaban J connectivity index is 2.14. The second-order valence-electron chi connectivity index (χ2n) is 4.68. The highest BCUT2D eigenvalue weighted by molar-refractivity contribution is 9.10. The predicted molar refractivity (Wildman–Crippen MR) is 97.3 cm³/mol. The maximum atomic E-state index is 5.81. The van der Waals surface area contributed by atoms with Gasteiger partial charge in [-0.05, 0) is 45.6 Å². The fourth-order valence-corrected chi connectivity index (χ4v) is 2.89. The van der Waals surface area contributed by atoms with Crippen molar-refractivity contribution in [2.45, 2.75) is 0 Å².